The average Bonchev–Trinajstić information content (AvgIpc) is 2.39. The Bertz CT molecular complexity index is 493. The Hall–Kier alpha value is -2.29. The Morgan fingerprint density at radius 1 is 1.50 bits per heavy atom. The zero-order valence-corrected chi connectivity index (χ0v) is 10.5. The number of carbonyl (C=O) groups excluding carboxylic acids is 1. The first-order valence-electron chi connectivity index (χ1n) is 5.76. The van der Waals surface area contributed by atoms with Crippen LogP contribution in [0, 0.1) is 11.3 Å². The van der Waals surface area contributed by atoms with E-state index in [4.69, 9.17) is 5.26 Å². The molecule has 0 radical (unpaired) electrons. The third-order valence-electron chi connectivity index (χ3n) is 2.29. The zero-order chi connectivity index (χ0) is 13.4. The second-order valence-corrected chi connectivity index (χ2v) is 3.75. The van der Waals surface area contributed by atoms with Crippen LogP contribution in [0.2, 0.25) is 0 Å². The third-order valence-corrected chi connectivity index (χ3v) is 2.29. The van der Waals surface area contributed by atoms with Gasteiger partial charge in [-0.2, -0.15) is 10.4 Å². The summed E-state index contributed by atoms with van der Waals surface area (Å²) in [5.74, 6) is -0.458. The fourth-order valence-electron chi connectivity index (χ4n) is 1.26. The van der Waals surface area contributed by atoms with Gasteiger partial charge in [-0.1, -0.05) is 30.6 Å². The van der Waals surface area contributed by atoms with Crippen LogP contribution >= 0.6 is 0 Å². The lowest BCUT2D eigenvalue weighted by Crippen LogP contribution is -2.31. The van der Waals surface area contributed by atoms with E-state index in [-0.39, 0.29) is 5.71 Å². The van der Waals surface area contributed by atoms with E-state index in [0.29, 0.717) is 6.54 Å². The summed E-state index contributed by atoms with van der Waals surface area (Å²) >= 11 is 0. The quantitative estimate of drug-likeness (QED) is 0.425. The highest BCUT2D eigenvalue weighted by Gasteiger charge is 2.09. The van der Waals surface area contributed by atoms with Gasteiger partial charge < -0.3 is 5.32 Å². The highest BCUT2D eigenvalue weighted by atomic mass is 16.1. The molecule has 1 aromatic carbocycles. The molecule has 0 heterocycles. The van der Waals surface area contributed by atoms with Gasteiger partial charge in [-0.05, 0) is 12.5 Å². The van der Waals surface area contributed by atoms with E-state index in [1.807, 2.05) is 39.0 Å². The average molecular weight is 242 g/mol. The topological polar surface area (TPSA) is 77.3 Å². The second kappa shape index (κ2) is 7.12. The molecule has 6 heteroatoms. The Kier molecular flexibility index (Phi) is 5.45. The molecule has 0 aliphatic heterocycles. The molecular weight excluding hydrogens is 227 g/mol. The Labute approximate surface area is 107 Å². The maximum absolute atomic E-state index is 11.5. The number of hydrogen-bond acceptors (Lipinski definition) is 4. The summed E-state index contributed by atoms with van der Waals surface area (Å²) in [4.78, 5) is 11.5. The number of hydrogen-bond donors (Lipinski definition) is 2. The monoisotopic (exact) mass is 242 g/mol. The number of carbonyl (C=O) groups is 1. The molecule has 0 fully saturated rings. The summed E-state index contributed by atoms with van der Waals surface area (Å²) in [7, 11) is 1.92. The maximum atomic E-state index is 11.5. The minimum Gasteiger partial charge on any atom is -0.350 e. The van der Waals surface area contributed by atoms with Crippen molar-refractivity contribution < 1.29 is 4.79 Å². The summed E-state index contributed by atoms with van der Waals surface area (Å²) in [6, 6.07) is 9.29. The van der Waals surface area contributed by atoms with Gasteiger partial charge in [0.2, 0.25) is 5.71 Å². The van der Waals surface area contributed by atoms with E-state index >= 15 is 0 Å². The van der Waals surface area contributed by atoms with Crippen molar-refractivity contribution in [2.45, 2.75) is 13.3 Å². The molecule has 1 aromatic rings. The van der Waals surface area contributed by atoms with E-state index < -0.39 is 5.91 Å². The largest absolute Gasteiger partial charge is 0.350 e. The van der Waals surface area contributed by atoms with E-state index in [1.54, 1.807) is 6.07 Å². The normalized spacial score (nSPS) is 10.6. The lowest BCUT2D eigenvalue weighted by molar-refractivity contribution is -0.114. The molecule has 0 unspecified atom stereocenters. The third kappa shape index (κ3) is 3.94. The molecule has 0 aliphatic rings. The van der Waals surface area contributed by atoms with Crippen molar-refractivity contribution in [3.63, 3.8) is 0 Å². The first kappa shape index (κ1) is 13.8. The van der Waals surface area contributed by atoms with Crippen LogP contribution in [0.5, 0.6) is 0 Å². The molecule has 0 aliphatic carbocycles. The SMILES string of the molecule is Bc1ccccc1N/N=C(\C#N)C(=O)NCCC. The van der Waals surface area contributed by atoms with Gasteiger partial charge in [-0.15, -0.1) is 0 Å². The van der Waals surface area contributed by atoms with E-state index in [0.717, 1.165) is 17.6 Å². The summed E-state index contributed by atoms with van der Waals surface area (Å²) in [6.07, 6.45) is 0.815. The molecule has 1 rings (SSSR count). The van der Waals surface area contributed by atoms with Crippen molar-refractivity contribution in [3.8, 4) is 6.07 Å². The number of nitrogens with zero attached hydrogens (tertiary/aromatic N) is 2. The summed E-state index contributed by atoms with van der Waals surface area (Å²) < 4.78 is 0. The van der Waals surface area contributed by atoms with Gasteiger partial charge in [-0.3, -0.25) is 10.2 Å². The first-order valence-corrected chi connectivity index (χ1v) is 5.76. The molecule has 0 aromatic heterocycles. The smallest absolute Gasteiger partial charge is 0.282 e. The Morgan fingerprint density at radius 2 is 2.22 bits per heavy atom. The minimum absolute atomic E-state index is 0.174. The summed E-state index contributed by atoms with van der Waals surface area (Å²) in [6.45, 7) is 2.47. The van der Waals surface area contributed by atoms with Gasteiger partial charge in [0.15, 0.2) is 0 Å². The molecule has 2 N–H and O–H groups in total. The van der Waals surface area contributed by atoms with Crippen molar-refractivity contribution in [2.24, 2.45) is 5.10 Å². The zero-order valence-electron chi connectivity index (χ0n) is 10.5. The van der Waals surface area contributed by atoms with Gasteiger partial charge in [0, 0.05) is 12.2 Å². The standard InChI is InChI=1S/C12H15BN4O/c1-2-7-15-12(18)11(8-14)17-16-10-6-4-3-5-9(10)13/h3-6,16H,2,7,13H2,1H3,(H,15,18)/b17-11+. The van der Waals surface area contributed by atoms with Crippen LogP contribution in [0.1, 0.15) is 13.3 Å². The number of anilines is 1. The number of amides is 1. The van der Waals surface area contributed by atoms with Gasteiger partial charge in [0.05, 0.1) is 0 Å². The first-order chi connectivity index (χ1) is 8.69. The van der Waals surface area contributed by atoms with Crippen molar-refractivity contribution in [3.05, 3.63) is 24.3 Å². The minimum atomic E-state index is -0.458. The van der Waals surface area contributed by atoms with Crippen molar-refractivity contribution in [1.82, 2.24) is 5.32 Å². The number of hydrazone groups is 1. The van der Waals surface area contributed by atoms with Crippen LogP contribution in [0.3, 0.4) is 0 Å². The molecular formula is C12H15BN4O. The number of para-hydroxylation sites is 1. The molecule has 1 amide bonds. The van der Waals surface area contributed by atoms with Crippen LogP contribution in [0.15, 0.2) is 29.4 Å². The molecule has 18 heavy (non-hydrogen) atoms. The van der Waals surface area contributed by atoms with Crippen molar-refractivity contribution in [1.29, 1.82) is 5.26 Å². The lowest BCUT2D eigenvalue weighted by Gasteiger charge is -2.05. The van der Waals surface area contributed by atoms with Crippen LogP contribution in [0.25, 0.3) is 0 Å². The maximum Gasteiger partial charge on any atom is 0.282 e. The van der Waals surface area contributed by atoms with E-state index in [9.17, 15) is 4.79 Å². The van der Waals surface area contributed by atoms with Gasteiger partial charge >= 0.3 is 0 Å². The highest BCUT2D eigenvalue weighted by Crippen LogP contribution is 2.01. The van der Waals surface area contributed by atoms with Gasteiger partial charge in [0.1, 0.15) is 13.9 Å². The predicted molar refractivity (Wildman–Crippen MR) is 74.6 cm³/mol. The molecule has 0 bridgehead atoms. The van der Waals surface area contributed by atoms with Crippen LogP contribution < -0.4 is 16.2 Å². The molecule has 5 nitrogen and oxygen atoms in total. The van der Waals surface area contributed by atoms with E-state index in [1.165, 1.54) is 0 Å². The second-order valence-electron chi connectivity index (χ2n) is 3.75. The summed E-state index contributed by atoms with van der Waals surface area (Å²) in [5.41, 5.74) is 4.32. The molecule has 0 atom stereocenters. The fraction of sp³-hybridized carbons (Fsp3) is 0.250. The fourth-order valence-corrected chi connectivity index (χ4v) is 1.26. The highest BCUT2D eigenvalue weighted by molar-refractivity contribution is 6.45. The lowest BCUT2D eigenvalue weighted by atomic mass is 9.94. The number of benzene rings is 1. The van der Waals surface area contributed by atoms with Gasteiger partial charge in [0.25, 0.3) is 5.91 Å². The van der Waals surface area contributed by atoms with Gasteiger partial charge in [-0.25, -0.2) is 0 Å². The van der Waals surface area contributed by atoms with Crippen molar-refractivity contribution >= 4 is 30.6 Å². The Morgan fingerprint density at radius 3 is 2.83 bits per heavy atom. The number of rotatable bonds is 5. The Balaban J connectivity index is 2.72. The van der Waals surface area contributed by atoms with E-state index in [2.05, 4.69) is 15.8 Å². The van der Waals surface area contributed by atoms with Crippen molar-refractivity contribution in [2.75, 3.05) is 12.0 Å². The molecule has 0 spiro atoms. The van der Waals surface area contributed by atoms with Crippen LogP contribution in [-0.2, 0) is 4.79 Å². The number of nitriles is 1. The molecule has 92 valence electrons. The predicted octanol–water partition coefficient (Wildman–Crippen LogP) is -0.237. The molecule has 0 saturated carbocycles. The van der Waals surface area contributed by atoms with Crippen LogP contribution in [0.4, 0.5) is 5.69 Å². The van der Waals surface area contributed by atoms with Crippen LogP contribution in [-0.4, -0.2) is 26.0 Å². The molecule has 0 saturated heterocycles. The summed E-state index contributed by atoms with van der Waals surface area (Å²) in [5, 5.41) is 15.3. The number of nitrogens with one attached hydrogen (secondary N) is 2.